The quantitative estimate of drug-likeness (QED) is 0.496. The van der Waals surface area contributed by atoms with Gasteiger partial charge in [-0.15, -0.1) is 0 Å². The van der Waals surface area contributed by atoms with Gasteiger partial charge < -0.3 is 15.4 Å². The van der Waals surface area contributed by atoms with Gasteiger partial charge in [-0.05, 0) is 49.5 Å². The summed E-state index contributed by atoms with van der Waals surface area (Å²) in [6, 6.07) is 13.5. The molecule has 2 aromatic carbocycles. The molecule has 0 unspecified atom stereocenters. The monoisotopic (exact) mass is 317 g/mol. The Morgan fingerprint density at radius 2 is 1.86 bits per heavy atom. The van der Waals surface area contributed by atoms with Crippen molar-refractivity contribution in [2.24, 2.45) is 0 Å². The topological polar surface area (TPSA) is 76.4 Å². The molecule has 0 bridgehead atoms. The van der Waals surface area contributed by atoms with E-state index < -0.39 is 4.92 Å². The van der Waals surface area contributed by atoms with Crippen LogP contribution in [-0.4, -0.2) is 16.6 Å². The van der Waals surface area contributed by atoms with Gasteiger partial charge in [-0.3, -0.25) is 10.1 Å². The van der Waals surface area contributed by atoms with Gasteiger partial charge in [0.15, 0.2) is 5.11 Å². The summed E-state index contributed by atoms with van der Waals surface area (Å²) >= 11 is 5.19. The highest BCUT2D eigenvalue weighted by atomic mass is 32.1. The molecule has 0 saturated heterocycles. The Kier molecular flexibility index (Phi) is 5.26. The Labute approximate surface area is 133 Å². The molecule has 0 amide bonds. The lowest BCUT2D eigenvalue weighted by Crippen LogP contribution is -2.19. The molecule has 7 heteroatoms. The maximum absolute atomic E-state index is 10.7. The molecule has 2 aromatic rings. The molecule has 0 heterocycles. The summed E-state index contributed by atoms with van der Waals surface area (Å²) in [4.78, 5) is 10.3. The van der Waals surface area contributed by atoms with E-state index in [0.717, 1.165) is 11.4 Å². The molecule has 0 atom stereocenters. The molecule has 6 nitrogen and oxygen atoms in total. The zero-order valence-electron chi connectivity index (χ0n) is 11.9. The van der Waals surface area contributed by atoms with Gasteiger partial charge in [0.25, 0.3) is 5.69 Å². The number of nitro benzene ring substituents is 1. The van der Waals surface area contributed by atoms with Crippen LogP contribution in [0.3, 0.4) is 0 Å². The lowest BCUT2D eigenvalue weighted by Gasteiger charge is -2.11. The van der Waals surface area contributed by atoms with E-state index in [1.165, 1.54) is 12.1 Å². The number of ether oxygens (including phenoxy) is 1. The second-order valence-corrected chi connectivity index (χ2v) is 4.75. The number of nitrogens with zero attached hydrogens (tertiary/aromatic N) is 1. The zero-order valence-corrected chi connectivity index (χ0v) is 12.7. The van der Waals surface area contributed by atoms with Crippen LogP contribution in [0.25, 0.3) is 0 Å². The molecule has 0 aliphatic heterocycles. The first-order valence-corrected chi connectivity index (χ1v) is 7.04. The van der Waals surface area contributed by atoms with Crippen LogP contribution in [-0.2, 0) is 0 Å². The largest absolute Gasteiger partial charge is 0.494 e. The van der Waals surface area contributed by atoms with Gasteiger partial charge >= 0.3 is 0 Å². The van der Waals surface area contributed by atoms with Gasteiger partial charge in [0, 0.05) is 23.5 Å². The summed E-state index contributed by atoms with van der Waals surface area (Å²) in [6.45, 7) is 2.53. The summed E-state index contributed by atoms with van der Waals surface area (Å²) in [5.74, 6) is 0.783. The number of rotatable bonds is 5. The molecule has 0 saturated carbocycles. The van der Waals surface area contributed by atoms with Gasteiger partial charge in [0.1, 0.15) is 5.75 Å². The highest BCUT2D eigenvalue weighted by Gasteiger charge is 2.06. The van der Waals surface area contributed by atoms with Gasteiger partial charge in [-0.1, -0.05) is 6.07 Å². The average molecular weight is 317 g/mol. The smallest absolute Gasteiger partial charge is 0.271 e. The predicted molar refractivity (Wildman–Crippen MR) is 90.6 cm³/mol. The Morgan fingerprint density at radius 1 is 1.18 bits per heavy atom. The standard InChI is InChI=1S/C15H15N3O3S/c1-2-21-14-8-6-11(7-9-14)16-15(22)17-12-4-3-5-13(10-12)18(19)20/h3-10H,2H2,1H3,(H2,16,17,22). The summed E-state index contributed by atoms with van der Waals surface area (Å²) in [6.07, 6.45) is 0. The number of thiocarbonyl (C=S) groups is 1. The highest BCUT2D eigenvalue weighted by molar-refractivity contribution is 7.80. The van der Waals surface area contributed by atoms with E-state index in [4.69, 9.17) is 17.0 Å². The van der Waals surface area contributed by atoms with Crippen LogP contribution in [0.2, 0.25) is 0 Å². The van der Waals surface area contributed by atoms with E-state index in [1.54, 1.807) is 12.1 Å². The van der Waals surface area contributed by atoms with Crippen molar-refractivity contribution in [1.29, 1.82) is 0 Å². The number of nitro groups is 1. The maximum atomic E-state index is 10.7. The molecule has 0 fully saturated rings. The average Bonchev–Trinajstić information content (AvgIpc) is 2.49. The van der Waals surface area contributed by atoms with E-state index >= 15 is 0 Å². The minimum atomic E-state index is -0.450. The molecule has 2 N–H and O–H groups in total. The lowest BCUT2D eigenvalue weighted by atomic mass is 10.3. The second kappa shape index (κ2) is 7.37. The first kappa shape index (κ1) is 15.7. The van der Waals surface area contributed by atoms with Crippen LogP contribution in [0, 0.1) is 10.1 Å². The van der Waals surface area contributed by atoms with Crippen molar-refractivity contribution < 1.29 is 9.66 Å². The fourth-order valence-electron chi connectivity index (χ4n) is 1.79. The molecule has 114 valence electrons. The van der Waals surface area contributed by atoms with E-state index in [-0.39, 0.29) is 5.69 Å². The van der Waals surface area contributed by atoms with Crippen molar-refractivity contribution in [2.75, 3.05) is 17.2 Å². The molecular formula is C15H15N3O3S. The van der Waals surface area contributed by atoms with Crippen molar-refractivity contribution in [1.82, 2.24) is 0 Å². The third kappa shape index (κ3) is 4.42. The molecule has 0 spiro atoms. The number of hydrogen-bond acceptors (Lipinski definition) is 4. The number of nitrogens with one attached hydrogen (secondary N) is 2. The van der Waals surface area contributed by atoms with E-state index in [0.29, 0.717) is 17.4 Å². The van der Waals surface area contributed by atoms with Gasteiger partial charge in [0.2, 0.25) is 0 Å². The first-order valence-electron chi connectivity index (χ1n) is 6.64. The third-order valence-corrected chi connectivity index (χ3v) is 2.94. The third-order valence-electron chi connectivity index (χ3n) is 2.74. The van der Waals surface area contributed by atoms with Gasteiger partial charge in [0.05, 0.1) is 11.5 Å². The van der Waals surface area contributed by atoms with Crippen LogP contribution >= 0.6 is 12.2 Å². The van der Waals surface area contributed by atoms with Gasteiger partial charge in [-0.25, -0.2) is 0 Å². The van der Waals surface area contributed by atoms with Crippen LogP contribution in [0.4, 0.5) is 17.1 Å². The number of benzene rings is 2. The highest BCUT2D eigenvalue weighted by Crippen LogP contribution is 2.18. The Balaban J connectivity index is 1.97. The van der Waals surface area contributed by atoms with E-state index in [1.807, 2.05) is 31.2 Å². The van der Waals surface area contributed by atoms with Crippen molar-refractivity contribution in [3.63, 3.8) is 0 Å². The van der Waals surface area contributed by atoms with E-state index in [9.17, 15) is 10.1 Å². The molecule has 0 aromatic heterocycles. The Morgan fingerprint density at radius 3 is 2.50 bits per heavy atom. The summed E-state index contributed by atoms with van der Waals surface area (Å²) in [7, 11) is 0. The normalized spacial score (nSPS) is 9.86. The minimum Gasteiger partial charge on any atom is -0.494 e. The van der Waals surface area contributed by atoms with Crippen molar-refractivity contribution >= 4 is 34.4 Å². The number of hydrogen-bond donors (Lipinski definition) is 2. The SMILES string of the molecule is CCOc1ccc(NC(=S)Nc2cccc([N+](=O)[O-])c2)cc1. The predicted octanol–water partition coefficient (Wildman–Crippen LogP) is 3.80. The first-order chi connectivity index (χ1) is 10.6. The summed E-state index contributed by atoms with van der Waals surface area (Å²) in [5, 5.41) is 17.0. The zero-order chi connectivity index (χ0) is 15.9. The summed E-state index contributed by atoms with van der Waals surface area (Å²) in [5.41, 5.74) is 1.36. The van der Waals surface area contributed by atoms with Crippen LogP contribution in [0.5, 0.6) is 5.75 Å². The number of anilines is 2. The summed E-state index contributed by atoms with van der Waals surface area (Å²) < 4.78 is 5.36. The molecule has 0 aliphatic carbocycles. The number of non-ortho nitro benzene ring substituents is 1. The van der Waals surface area contributed by atoms with Gasteiger partial charge in [-0.2, -0.15) is 0 Å². The lowest BCUT2D eigenvalue weighted by molar-refractivity contribution is -0.384. The maximum Gasteiger partial charge on any atom is 0.271 e. The van der Waals surface area contributed by atoms with Crippen molar-refractivity contribution in [3.8, 4) is 5.75 Å². The van der Waals surface area contributed by atoms with Crippen LogP contribution in [0.15, 0.2) is 48.5 Å². The molecule has 22 heavy (non-hydrogen) atoms. The fourth-order valence-corrected chi connectivity index (χ4v) is 2.03. The molecule has 0 radical (unpaired) electrons. The second-order valence-electron chi connectivity index (χ2n) is 4.34. The Hall–Kier alpha value is -2.67. The molecular weight excluding hydrogens is 302 g/mol. The molecule has 2 rings (SSSR count). The van der Waals surface area contributed by atoms with Crippen molar-refractivity contribution in [3.05, 3.63) is 58.6 Å². The van der Waals surface area contributed by atoms with Crippen LogP contribution < -0.4 is 15.4 Å². The fraction of sp³-hybridized carbons (Fsp3) is 0.133. The minimum absolute atomic E-state index is 0.00821. The van der Waals surface area contributed by atoms with Crippen molar-refractivity contribution in [2.45, 2.75) is 6.92 Å². The molecule has 0 aliphatic rings. The van der Waals surface area contributed by atoms with Crippen LogP contribution in [0.1, 0.15) is 6.92 Å². The Bertz CT molecular complexity index is 674. The van der Waals surface area contributed by atoms with E-state index in [2.05, 4.69) is 10.6 Å².